The second-order valence-electron chi connectivity index (χ2n) is 8.30. The number of aromatic carboxylic acids is 1. The van der Waals surface area contributed by atoms with Gasteiger partial charge in [0.2, 0.25) is 0 Å². The van der Waals surface area contributed by atoms with Gasteiger partial charge in [0.25, 0.3) is 0 Å². The zero-order valence-corrected chi connectivity index (χ0v) is 16.5. The van der Waals surface area contributed by atoms with Crippen molar-refractivity contribution in [2.45, 2.75) is 31.4 Å². The van der Waals surface area contributed by atoms with Crippen LogP contribution in [0.15, 0.2) is 30.6 Å². The zero-order valence-electron chi connectivity index (χ0n) is 16.5. The Bertz CT molecular complexity index is 1130. The maximum Gasteiger partial charge on any atom is 0.411 e. The summed E-state index contributed by atoms with van der Waals surface area (Å²) in [6.07, 6.45) is 4.50. The SMILES string of the molecule is C[C@@H](c1cccc2c(-c3cn[nH]c3)c(C(=O)O)[nH]c12)N1CC2(CC(CN)C2)OC1=O. The Kier molecular flexibility index (Phi) is 4.11. The lowest BCUT2D eigenvalue weighted by Gasteiger charge is -2.42. The van der Waals surface area contributed by atoms with Crippen molar-refractivity contribution in [3.05, 3.63) is 41.9 Å². The summed E-state index contributed by atoms with van der Waals surface area (Å²) in [6, 6.07) is 5.38. The van der Waals surface area contributed by atoms with Gasteiger partial charge in [-0.3, -0.25) is 10.00 Å². The van der Waals surface area contributed by atoms with Crippen molar-refractivity contribution in [1.82, 2.24) is 20.1 Å². The molecule has 0 unspecified atom stereocenters. The van der Waals surface area contributed by atoms with E-state index >= 15 is 0 Å². The molecule has 2 aromatic heterocycles. The van der Waals surface area contributed by atoms with E-state index in [1.54, 1.807) is 17.3 Å². The van der Waals surface area contributed by atoms with E-state index in [1.807, 2.05) is 25.1 Å². The highest BCUT2D eigenvalue weighted by atomic mass is 16.6. The number of H-pyrrole nitrogens is 2. The van der Waals surface area contributed by atoms with Gasteiger partial charge in [0, 0.05) is 22.7 Å². The fraction of sp³-hybridized carbons (Fsp3) is 0.381. The second kappa shape index (κ2) is 6.60. The molecule has 0 bridgehead atoms. The number of nitrogens with zero attached hydrogens (tertiary/aromatic N) is 2. The van der Waals surface area contributed by atoms with Gasteiger partial charge < -0.3 is 20.6 Å². The van der Waals surface area contributed by atoms with Crippen LogP contribution in [0.2, 0.25) is 0 Å². The number of fused-ring (bicyclic) bond motifs is 1. The molecule has 1 spiro atoms. The lowest BCUT2D eigenvalue weighted by Crippen LogP contribution is -2.49. The Labute approximate surface area is 172 Å². The number of para-hydroxylation sites is 1. The van der Waals surface area contributed by atoms with E-state index in [4.69, 9.17) is 10.5 Å². The number of carboxylic acid groups (broad SMARTS) is 1. The highest BCUT2D eigenvalue weighted by molar-refractivity contribution is 6.08. The van der Waals surface area contributed by atoms with Crippen LogP contribution in [0.4, 0.5) is 4.79 Å². The van der Waals surface area contributed by atoms with Gasteiger partial charge in [-0.1, -0.05) is 18.2 Å². The number of nitrogens with one attached hydrogen (secondary N) is 2. The third kappa shape index (κ3) is 2.69. The predicted octanol–water partition coefficient (Wildman–Crippen LogP) is 2.88. The molecule has 0 radical (unpaired) electrons. The summed E-state index contributed by atoms with van der Waals surface area (Å²) in [5.74, 6) is -0.654. The summed E-state index contributed by atoms with van der Waals surface area (Å²) in [7, 11) is 0. The maximum absolute atomic E-state index is 12.7. The van der Waals surface area contributed by atoms with E-state index < -0.39 is 11.6 Å². The second-order valence-corrected chi connectivity index (χ2v) is 8.30. The van der Waals surface area contributed by atoms with Crippen LogP contribution in [0.25, 0.3) is 22.0 Å². The minimum absolute atomic E-state index is 0.0938. The molecule has 9 heteroatoms. The van der Waals surface area contributed by atoms with Crippen molar-refractivity contribution < 1.29 is 19.4 Å². The van der Waals surface area contributed by atoms with E-state index in [0.717, 1.165) is 23.8 Å². The van der Waals surface area contributed by atoms with Crippen molar-refractivity contribution in [3.63, 3.8) is 0 Å². The van der Waals surface area contributed by atoms with Gasteiger partial charge in [-0.2, -0.15) is 5.10 Å². The molecule has 1 atom stereocenters. The first-order valence-electron chi connectivity index (χ1n) is 9.99. The first-order chi connectivity index (χ1) is 14.4. The molecule has 3 aromatic rings. The minimum atomic E-state index is -1.05. The Morgan fingerprint density at radius 3 is 2.93 bits per heavy atom. The molecule has 5 N–H and O–H groups in total. The molecule has 1 saturated carbocycles. The summed E-state index contributed by atoms with van der Waals surface area (Å²) in [4.78, 5) is 29.4. The highest BCUT2D eigenvalue weighted by Crippen LogP contribution is 2.47. The number of carbonyl (C=O) groups excluding carboxylic acids is 1. The largest absolute Gasteiger partial charge is 0.477 e. The smallest absolute Gasteiger partial charge is 0.411 e. The average Bonchev–Trinajstić information content (AvgIpc) is 3.41. The van der Waals surface area contributed by atoms with Gasteiger partial charge in [-0.05, 0) is 37.8 Å². The van der Waals surface area contributed by atoms with Crippen LogP contribution in [0.3, 0.4) is 0 Å². The number of amides is 1. The van der Waals surface area contributed by atoms with E-state index in [9.17, 15) is 14.7 Å². The predicted molar refractivity (Wildman–Crippen MR) is 109 cm³/mol. The number of hydrogen-bond donors (Lipinski definition) is 4. The fourth-order valence-electron chi connectivity index (χ4n) is 4.92. The number of rotatable bonds is 5. The molecule has 1 aromatic carbocycles. The molecule has 1 amide bonds. The van der Waals surface area contributed by atoms with Crippen LogP contribution in [-0.4, -0.2) is 55.9 Å². The molecule has 9 nitrogen and oxygen atoms in total. The Morgan fingerprint density at radius 1 is 1.47 bits per heavy atom. The van der Waals surface area contributed by atoms with Gasteiger partial charge >= 0.3 is 12.1 Å². The molecule has 2 fully saturated rings. The van der Waals surface area contributed by atoms with Gasteiger partial charge in [-0.25, -0.2) is 9.59 Å². The Morgan fingerprint density at radius 2 is 2.27 bits per heavy atom. The number of aromatic amines is 2. The third-order valence-electron chi connectivity index (χ3n) is 6.44. The van der Waals surface area contributed by atoms with E-state index in [0.29, 0.717) is 35.7 Å². The van der Waals surface area contributed by atoms with Crippen LogP contribution in [0.5, 0.6) is 0 Å². The van der Waals surface area contributed by atoms with Crippen molar-refractivity contribution in [2.75, 3.05) is 13.1 Å². The number of hydrogen-bond acceptors (Lipinski definition) is 5. The molecule has 30 heavy (non-hydrogen) atoms. The van der Waals surface area contributed by atoms with E-state index in [2.05, 4.69) is 15.2 Å². The Hall–Kier alpha value is -3.33. The van der Waals surface area contributed by atoms with E-state index in [-0.39, 0.29) is 17.8 Å². The van der Waals surface area contributed by atoms with Crippen molar-refractivity contribution in [3.8, 4) is 11.1 Å². The van der Waals surface area contributed by atoms with Crippen LogP contribution >= 0.6 is 0 Å². The number of carbonyl (C=O) groups is 2. The quantitative estimate of drug-likeness (QED) is 0.511. The Balaban J connectivity index is 1.54. The first-order valence-corrected chi connectivity index (χ1v) is 9.99. The fourth-order valence-corrected chi connectivity index (χ4v) is 4.92. The molecule has 3 heterocycles. The molecule has 2 aliphatic rings. The number of nitrogens with two attached hydrogens (primary N) is 1. The maximum atomic E-state index is 12.7. The minimum Gasteiger partial charge on any atom is -0.477 e. The van der Waals surface area contributed by atoms with E-state index in [1.165, 1.54) is 0 Å². The topological polar surface area (TPSA) is 137 Å². The molecule has 1 aliphatic heterocycles. The average molecular weight is 409 g/mol. The van der Waals surface area contributed by atoms with Crippen LogP contribution < -0.4 is 5.73 Å². The third-order valence-corrected chi connectivity index (χ3v) is 6.44. The van der Waals surface area contributed by atoms with Gasteiger partial charge in [0.05, 0.1) is 24.3 Å². The van der Waals surface area contributed by atoms with Crippen LogP contribution in [0, 0.1) is 5.92 Å². The highest BCUT2D eigenvalue weighted by Gasteiger charge is 2.54. The molecule has 5 rings (SSSR count). The van der Waals surface area contributed by atoms with Crippen molar-refractivity contribution in [1.29, 1.82) is 0 Å². The van der Waals surface area contributed by atoms with Gasteiger partial charge in [0.1, 0.15) is 11.3 Å². The number of aromatic nitrogens is 3. The van der Waals surface area contributed by atoms with Crippen LogP contribution in [0.1, 0.15) is 41.9 Å². The lowest BCUT2D eigenvalue weighted by atomic mass is 9.71. The number of carboxylic acids is 1. The molecular formula is C21H23N5O4. The number of ether oxygens (including phenoxy) is 1. The van der Waals surface area contributed by atoms with Crippen molar-refractivity contribution in [2.24, 2.45) is 11.7 Å². The van der Waals surface area contributed by atoms with Gasteiger partial charge in [0.15, 0.2) is 0 Å². The standard InChI is InChI=1S/C21H23N5O4/c1-11(26-10-21(30-20(26)29)5-12(6-21)7-22)14-3-2-4-15-16(13-8-23-24-9-13)18(19(27)28)25-17(14)15/h2-4,8-9,11-12,25H,5-7,10,22H2,1H3,(H,23,24)(H,27,28)/t11-,12?,21?/m0/s1. The molecule has 1 aliphatic carbocycles. The summed E-state index contributed by atoms with van der Waals surface area (Å²) in [6.45, 7) is 3.05. The zero-order chi connectivity index (χ0) is 21.0. The molecule has 156 valence electrons. The molecular weight excluding hydrogens is 386 g/mol. The number of benzene rings is 1. The normalized spacial score (nSPS) is 24.3. The summed E-state index contributed by atoms with van der Waals surface area (Å²) in [5.41, 5.74) is 8.19. The summed E-state index contributed by atoms with van der Waals surface area (Å²) < 4.78 is 5.72. The van der Waals surface area contributed by atoms with Crippen molar-refractivity contribution >= 4 is 23.0 Å². The summed E-state index contributed by atoms with van der Waals surface area (Å²) in [5, 5.41) is 17.2. The van der Waals surface area contributed by atoms with Gasteiger partial charge in [-0.15, -0.1) is 0 Å². The lowest BCUT2D eigenvalue weighted by molar-refractivity contribution is -0.0439. The summed E-state index contributed by atoms with van der Waals surface area (Å²) >= 11 is 0. The first kappa shape index (κ1) is 18.7. The monoisotopic (exact) mass is 409 g/mol. The van der Waals surface area contributed by atoms with Crippen LogP contribution in [-0.2, 0) is 4.74 Å². The molecule has 1 saturated heterocycles.